The van der Waals surface area contributed by atoms with Crippen molar-refractivity contribution in [3.63, 3.8) is 0 Å². The highest BCUT2D eigenvalue weighted by Crippen LogP contribution is 2.29. The highest BCUT2D eigenvalue weighted by atomic mass is 16.2. The number of nitrogens with zero attached hydrogens (tertiary/aromatic N) is 2. The van der Waals surface area contributed by atoms with Crippen LogP contribution in [0.25, 0.3) is 10.9 Å². The van der Waals surface area contributed by atoms with Crippen LogP contribution < -0.4 is 5.32 Å². The molecule has 5 nitrogen and oxygen atoms in total. The third-order valence-electron chi connectivity index (χ3n) is 6.03. The minimum atomic E-state index is -0.280. The molecule has 5 rings (SSSR count). The molecule has 0 aliphatic carbocycles. The second-order valence-electron chi connectivity index (χ2n) is 8.03. The maximum atomic E-state index is 13.3. The smallest absolute Gasteiger partial charge is 0.257 e. The van der Waals surface area contributed by atoms with Crippen LogP contribution in [0.1, 0.15) is 38.6 Å². The molecule has 4 aromatic rings. The van der Waals surface area contributed by atoms with E-state index in [1.165, 1.54) is 5.56 Å². The molecule has 1 N–H and O–H groups in total. The van der Waals surface area contributed by atoms with E-state index in [9.17, 15) is 9.59 Å². The lowest BCUT2D eigenvalue weighted by Gasteiger charge is -2.19. The number of aromatic nitrogens is 1. The Bertz CT molecular complexity index is 1280. The zero-order valence-electron chi connectivity index (χ0n) is 17.6. The van der Waals surface area contributed by atoms with Crippen LogP contribution in [0.4, 0.5) is 5.69 Å². The van der Waals surface area contributed by atoms with Crippen molar-refractivity contribution in [2.24, 2.45) is 0 Å². The van der Waals surface area contributed by atoms with Crippen molar-refractivity contribution >= 4 is 28.4 Å². The summed E-state index contributed by atoms with van der Waals surface area (Å²) in [5.74, 6) is -0.00262. The maximum absolute atomic E-state index is 13.3. The first-order valence-electron chi connectivity index (χ1n) is 10.8. The zero-order valence-corrected chi connectivity index (χ0v) is 17.6. The van der Waals surface area contributed by atoms with Gasteiger partial charge >= 0.3 is 0 Å². The number of anilines is 1. The number of hydrogen-bond acceptors (Lipinski definition) is 3. The highest BCUT2D eigenvalue weighted by molar-refractivity contribution is 6.14. The Hall–Kier alpha value is -3.99. The predicted octanol–water partition coefficient (Wildman–Crippen LogP) is 5.12. The molecule has 158 valence electrons. The number of amides is 2. The summed E-state index contributed by atoms with van der Waals surface area (Å²) in [6, 6.07) is 26.8. The predicted molar refractivity (Wildman–Crippen MR) is 126 cm³/mol. The summed E-state index contributed by atoms with van der Waals surface area (Å²) >= 11 is 0. The second-order valence-corrected chi connectivity index (χ2v) is 8.03. The number of carbonyl (C=O) groups excluding carboxylic acids is 2. The third kappa shape index (κ3) is 3.85. The van der Waals surface area contributed by atoms with Gasteiger partial charge in [0, 0.05) is 30.6 Å². The number of hydrogen-bond donors (Lipinski definition) is 1. The van der Waals surface area contributed by atoms with Crippen molar-refractivity contribution in [3.05, 3.63) is 108 Å². The van der Waals surface area contributed by atoms with Gasteiger partial charge < -0.3 is 10.2 Å². The number of fused-ring (bicyclic) bond motifs is 1. The molecule has 1 saturated heterocycles. The fourth-order valence-corrected chi connectivity index (χ4v) is 4.37. The Morgan fingerprint density at radius 3 is 2.47 bits per heavy atom. The number of benzene rings is 3. The molecule has 1 fully saturated rings. The van der Waals surface area contributed by atoms with Crippen LogP contribution in [0.15, 0.2) is 91.1 Å². The largest absolute Gasteiger partial charge is 0.338 e. The lowest BCUT2D eigenvalue weighted by atomic mass is 9.99. The van der Waals surface area contributed by atoms with Gasteiger partial charge in [-0.15, -0.1) is 0 Å². The molecule has 0 radical (unpaired) electrons. The summed E-state index contributed by atoms with van der Waals surface area (Å²) in [6.45, 7) is 1.38. The van der Waals surface area contributed by atoms with E-state index in [0.29, 0.717) is 41.3 Å². The Balaban J connectivity index is 1.37. The molecule has 2 heterocycles. The van der Waals surface area contributed by atoms with Gasteiger partial charge in [-0.25, -0.2) is 0 Å². The summed E-state index contributed by atoms with van der Waals surface area (Å²) in [5, 5.41) is 3.84. The molecule has 1 aromatic heterocycles. The molecule has 1 aliphatic heterocycles. The first-order chi connectivity index (χ1) is 15.7. The van der Waals surface area contributed by atoms with Crippen molar-refractivity contribution in [1.82, 2.24) is 9.88 Å². The molecule has 1 aliphatic rings. The van der Waals surface area contributed by atoms with Crippen LogP contribution in [0.3, 0.4) is 0 Å². The molecule has 0 spiro atoms. The van der Waals surface area contributed by atoms with Gasteiger partial charge in [0.2, 0.25) is 0 Å². The molecule has 5 heteroatoms. The van der Waals surface area contributed by atoms with E-state index < -0.39 is 0 Å². The number of pyridine rings is 1. The normalized spacial score (nSPS) is 15.6. The Morgan fingerprint density at radius 2 is 1.59 bits per heavy atom. The van der Waals surface area contributed by atoms with E-state index in [1.54, 1.807) is 24.4 Å². The van der Waals surface area contributed by atoms with Gasteiger partial charge in [-0.2, -0.15) is 0 Å². The monoisotopic (exact) mass is 421 g/mol. The maximum Gasteiger partial charge on any atom is 0.257 e. The van der Waals surface area contributed by atoms with Crippen molar-refractivity contribution in [2.45, 2.75) is 12.3 Å². The van der Waals surface area contributed by atoms with E-state index in [-0.39, 0.29) is 11.8 Å². The number of rotatable bonds is 4. The van der Waals surface area contributed by atoms with Crippen LogP contribution in [0, 0.1) is 0 Å². The summed E-state index contributed by atoms with van der Waals surface area (Å²) in [4.78, 5) is 32.7. The molecule has 0 bridgehead atoms. The van der Waals surface area contributed by atoms with Gasteiger partial charge in [-0.05, 0) is 36.2 Å². The van der Waals surface area contributed by atoms with Crippen molar-refractivity contribution < 1.29 is 9.59 Å². The quantitative estimate of drug-likeness (QED) is 0.498. The number of nitrogens with one attached hydrogen (secondary N) is 1. The Labute approximate surface area is 186 Å². The highest BCUT2D eigenvalue weighted by Gasteiger charge is 2.29. The van der Waals surface area contributed by atoms with E-state index in [2.05, 4.69) is 22.4 Å². The van der Waals surface area contributed by atoms with Gasteiger partial charge in [-0.1, -0.05) is 60.7 Å². The van der Waals surface area contributed by atoms with Gasteiger partial charge in [0.25, 0.3) is 11.8 Å². The minimum absolute atomic E-state index is 0.0598. The van der Waals surface area contributed by atoms with Gasteiger partial charge in [0.05, 0.1) is 22.3 Å². The third-order valence-corrected chi connectivity index (χ3v) is 6.03. The summed E-state index contributed by atoms with van der Waals surface area (Å²) in [6.07, 6.45) is 2.61. The average Bonchev–Trinajstić information content (AvgIpc) is 3.34. The molecule has 32 heavy (non-hydrogen) atoms. The SMILES string of the molecule is O=C(Nc1ccccc1C(=O)N1CCC(c2ccccc2)C1)c1cccc2cccnc12. The topological polar surface area (TPSA) is 62.3 Å². The summed E-state index contributed by atoms with van der Waals surface area (Å²) in [7, 11) is 0. The minimum Gasteiger partial charge on any atom is -0.338 e. The number of carbonyl (C=O) groups is 2. The number of likely N-dealkylation sites (tertiary alicyclic amines) is 1. The first kappa shape index (κ1) is 19.9. The van der Waals surface area contributed by atoms with Crippen molar-refractivity contribution in [2.75, 3.05) is 18.4 Å². The molecule has 1 atom stereocenters. The molecular weight excluding hydrogens is 398 g/mol. The Morgan fingerprint density at radius 1 is 0.844 bits per heavy atom. The standard InChI is InChI=1S/C27H23N3O2/c31-26(23-13-6-10-20-11-7-16-28-25(20)23)29-24-14-5-4-12-22(24)27(32)30-17-15-21(18-30)19-8-2-1-3-9-19/h1-14,16,21H,15,17-18H2,(H,29,31). The van der Waals surface area contributed by atoms with Gasteiger partial charge in [-0.3, -0.25) is 14.6 Å². The van der Waals surface area contributed by atoms with Crippen molar-refractivity contribution in [1.29, 1.82) is 0 Å². The van der Waals surface area contributed by atoms with Crippen LogP contribution in [0.5, 0.6) is 0 Å². The summed E-state index contributed by atoms with van der Waals surface area (Å²) < 4.78 is 0. The molecule has 1 unspecified atom stereocenters. The lowest BCUT2D eigenvalue weighted by Crippen LogP contribution is -2.29. The summed E-state index contributed by atoms with van der Waals surface area (Å²) in [5.41, 5.74) is 3.39. The van der Waals surface area contributed by atoms with Gasteiger partial charge in [0.1, 0.15) is 0 Å². The molecular formula is C27H23N3O2. The Kier molecular flexibility index (Phi) is 5.38. The molecule has 2 amide bonds. The first-order valence-corrected chi connectivity index (χ1v) is 10.8. The second kappa shape index (κ2) is 8.63. The lowest BCUT2D eigenvalue weighted by molar-refractivity contribution is 0.0792. The van der Waals surface area contributed by atoms with Crippen LogP contribution in [0.2, 0.25) is 0 Å². The van der Waals surface area contributed by atoms with E-state index in [4.69, 9.17) is 0 Å². The number of para-hydroxylation sites is 2. The van der Waals surface area contributed by atoms with Crippen LogP contribution in [-0.2, 0) is 0 Å². The molecule has 0 saturated carbocycles. The van der Waals surface area contributed by atoms with Crippen LogP contribution in [-0.4, -0.2) is 34.8 Å². The van der Waals surface area contributed by atoms with Crippen molar-refractivity contribution in [3.8, 4) is 0 Å². The van der Waals surface area contributed by atoms with Gasteiger partial charge in [0.15, 0.2) is 0 Å². The molecule has 3 aromatic carbocycles. The average molecular weight is 422 g/mol. The zero-order chi connectivity index (χ0) is 21.9. The van der Waals surface area contributed by atoms with E-state index >= 15 is 0 Å². The van der Waals surface area contributed by atoms with E-state index in [0.717, 1.165) is 11.8 Å². The fourth-order valence-electron chi connectivity index (χ4n) is 4.37. The van der Waals surface area contributed by atoms with Crippen LogP contribution >= 0.6 is 0 Å². The fraction of sp³-hybridized carbons (Fsp3) is 0.148. The van der Waals surface area contributed by atoms with E-state index in [1.807, 2.05) is 59.5 Å².